The Morgan fingerprint density at radius 3 is 2.57 bits per heavy atom. The molecule has 1 aromatic rings. The number of hydrogen-bond donors (Lipinski definition) is 1. The lowest BCUT2D eigenvalue weighted by molar-refractivity contribution is 0.174. The first-order valence-electron chi connectivity index (χ1n) is 7.85. The van der Waals surface area contributed by atoms with E-state index in [1.54, 1.807) is 0 Å². The van der Waals surface area contributed by atoms with Gasteiger partial charge in [0.05, 0.1) is 0 Å². The summed E-state index contributed by atoms with van der Waals surface area (Å²) in [5.74, 6) is -0.293. The highest BCUT2D eigenvalue weighted by Gasteiger charge is 2.24. The second-order valence-electron chi connectivity index (χ2n) is 6.43. The van der Waals surface area contributed by atoms with Crippen molar-refractivity contribution in [3.63, 3.8) is 0 Å². The maximum absolute atomic E-state index is 13.7. The summed E-state index contributed by atoms with van der Waals surface area (Å²) < 4.78 is 27.4. The van der Waals surface area contributed by atoms with Crippen LogP contribution in [0.4, 0.5) is 8.78 Å². The molecular weight excluding hydrogens is 270 g/mol. The van der Waals surface area contributed by atoms with Crippen LogP contribution in [0.1, 0.15) is 32.3 Å². The Morgan fingerprint density at radius 2 is 1.95 bits per heavy atom. The van der Waals surface area contributed by atoms with Gasteiger partial charge in [0.15, 0.2) is 0 Å². The second kappa shape index (κ2) is 7.32. The van der Waals surface area contributed by atoms with Crippen LogP contribution in [0.25, 0.3) is 0 Å². The molecule has 4 heteroatoms. The molecule has 1 fully saturated rings. The summed E-state index contributed by atoms with van der Waals surface area (Å²) in [5, 5.41) is 3.51. The summed E-state index contributed by atoms with van der Waals surface area (Å²) in [6.45, 7) is 6.43. The minimum absolute atomic E-state index is 0.0543. The average molecular weight is 296 g/mol. The van der Waals surface area contributed by atoms with Crippen molar-refractivity contribution in [2.24, 2.45) is 5.92 Å². The fourth-order valence-corrected chi connectivity index (χ4v) is 3.29. The zero-order chi connectivity index (χ0) is 15.4. The van der Waals surface area contributed by atoms with E-state index in [4.69, 9.17) is 0 Å². The molecule has 1 aliphatic heterocycles. The maximum atomic E-state index is 13.7. The van der Waals surface area contributed by atoms with E-state index in [-0.39, 0.29) is 11.6 Å². The molecule has 1 aromatic carbocycles. The van der Waals surface area contributed by atoms with Gasteiger partial charge < -0.3 is 10.2 Å². The normalized spacial score (nSPS) is 23.0. The van der Waals surface area contributed by atoms with Crippen molar-refractivity contribution in [1.82, 2.24) is 10.2 Å². The number of hydrogen-bond acceptors (Lipinski definition) is 2. The molecule has 2 nitrogen and oxygen atoms in total. The zero-order valence-corrected chi connectivity index (χ0v) is 13.2. The SMILES string of the molecule is CC(Cc1c(F)cccc1F)NC(C)C1CCCN(C)C1. The van der Waals surface area contributed by atoms with Gasteiger partial charge in [-0.25, -0.2) is 8.78 Å². The molecule has 2 rings (SSSR count). The van der Waals surface area contributed by atoms with Gasteiger partial charge in [0.25, 0.3) is 0 Å². The molecule has 3 atom stereocenters. The van der Waals surface area contributed by atoms with Crippen LogP contribution in [-0.4, -0.2) is 37.1 Å². The lowest BCUT2D eigenvalue weighted by Crippen LogP contribution is -2.46. The third kappa shape index (κ3) is 4.48. The smallest absolute Gasteiger partial charge is 0.129 e. The third-order valence-electron chi connectivity index (χ3n) is 4.49. The van der Waals surface area contributed by atoms with Gasteiger partial charge in [-0.2, -0.15) is 0 Å². The first-order valence-corrected chi connectivity index (χ1v) is 7.85. The molecule has 1 N–H and O–H groups in total. The number of benzene rings is 1. The Morgan fingerprint density at radius 1 is 1.29 bits per heavy atom. The predicted octanol–water partition coefficient (Wildman–Crippen LogP) is 3.22. The van der Waals surface area contributed by atoms with Gasteiger partial charge >= 0.3 is 0 Å². The number of nitrogens with zero attached hydrogens (tertiary/aromatic N) is 1. The molecule has 118 valence electrons. The van der Waals surface area contributed by atoms with Crippen LogP contribution in [0.5, 0.6) is 0 Å². The molecule has 0 aliphatic carbocycles. The molecule has 0 radical (unpaired) electrons. The van der Waals surface area contributed by atoms with Crippen LogP contribution in [-0.2, 0) is 6.42 Å². The lowest BCUT2D eigenvalue weighted by Gasteiger charge is -2.35. The summed E-state index contributed by atoms with van der Waals surface area (Å²) in [5.41, 5.74) is 0.186. The van der Waals surface area contributed by atoms with E-state index in [2.05, 4.69) is 24.2 Å². The van der Waals surface area contributed by atoms with Crippen molar-refractivity contribution in [3.8, 4) is 0 Å². The van der Waals surface area contributed by atoms with E-state index in [0.717, 1.165) is 6.54 Å². The predicted molar refractivity (Wildman–Crippen MR) is 82.3 cm³/mol. The Kier molecular flexibility index (Phi) is 5.71. The number of rotatable bonds is 5. The third-order valence-corrected chi connectivity index (χ3v) is 4.49. The summed E-state index contributed by atoms with van der Waals surface area (Å²) in [6, 6.07) is 4.47. The monoisotopic (exact) mass is 296 g/mol. The summed E-state index contributed by atoms with van der Waals surface area (Å²) >= 11 is 0. The standard InChI is InChI=1S/C17H26F2N2/c1-12(10-15-16(18)7-4-8-17(15)19)20-13(2)14-6-5-9-21(3)11-14/h4,7-8,12-14,20H,5-6,9-11H2,1-3H3. The van der Waals surface area contributed by atoms with E-state index >= 15 is 0 Å². The van der Waals surface area contributed by atoms with Crippen LogP contribution in [0.15, 0.2) is 18.2 Å². The first-order chi connectivity index (χ1) is 9.97. The average Bonchev–Trinajstić information content (AvgIpc) is 2.43. The van der Waals surface area contributed by atoms with Crippen molar-refractivity contribution in [1.29, 1.82) is 0 Å². The Labute approximate surface area is 126 Å². The van der Waals surface area contributed by atoms with Gasteiger partial charge in [0, 0.05) is 24.2 Å². The molecular formula is C17H26F2N2. The Hall–Kier alpha value is -1.00. The highest BCUT2D eigenvalue weighted by molar-refractivity contribution is 5.20. The molecule has 1 aliphatic rings. The number of halogens is 2. The van der Waals surface area contributed by atoms with Crippen molar-refractivity contribution >= 4 is 0 Å². The minimum atomic E-state index is -0.450. The van der Waals surface area contributed by atoms with Gasteiger partial charge in [0.1, 0.15) is 11.6 Å². The molecule has 1 saturated heterocycles. The summed E-state index contributed by atoms with van der Waals surface area (Å²) in [7, 11) is 2.15. The maximum Gasteiger partial charge on any atom is 0.129 e. The number of nitrogens with one attached hydrogen (secondary N) is 1. The fourth-order valence-electron chi connectivity index (χ4n) is 3.29. The minimum Gasteiger partial charge on any atom is -0.311 e. The van der Waals surface area contributed by atoms with Gasteiger partial charge in [-0.1, -0.05) is 6.07 Å². The lowest BCUT2D eigenvalue weighted by atomic mass is 9.91. The zero-order valence-electron chi connectivity index (χ0n) is 13.2. The summed E-state index contributed by atoms with van der Waals surface area (Å²) in [6.07, 6.45) is 2.83. The molecule has 0 aromatic heterocycles. The molecule has 0 spiro atoms. The van der Waals surface area contributed by atoms with Crippen molar-refractivity contribution in [3.05, 3.63) is 35.4 Å². The van der Waals surface area contributed by atoms with E-state index in [9.17, 15) is 8.78 Å². The molecule has 0 amide bonds. The van der Waals surface area contributed by atoms with Crippen molar-refractivity contribution in [2.45, 2.75) is 45.2 Å². The second-order valence-corrected chi connectivity index (χ2v) is 6.43. The van der Waals surface area contributed by atoms with E-state index in [0.29, 0.717) is 18.4 Å². The Bertz CT molecular complexity index is 444. The summed E-state index contributed by atoms with van der Waals surface area (Å²) in [4.78, 5) is 2.35. The molecule has 1 heterocycles. The van der Waals surface area contributed by atoms with Crippen molar-refractivity contribution < 1.29 is 8.78 Å². The molecule has 0 saturated carbocycles. The van der Waals surface area contributed by atoms with Gasteiger partial charge in [-0.15, -0.1) is 0 Å². The van der Waals surface area contributed by atoms with Crippen LogP contribution >= 0.6 is 0 Å². The van der Waals surface area contributed by atoms with Gasteiger partial charge in [-0.3, -0.25) is 0 Å². The van der Waals surface area contributed by atoms with E-state index in [1.807, 2.05) is 6.92 Å². The van der Waals surface area contributed by atoms with Crippen LogP contribution < -0.4 is 5.32 Å². The van der Waals surface area contributed by atoms with Crippen LogP contribution in [0.3, 0.4) is 0 Å². The van der Waals surface area contributed by atoms with Gasteiger partial charge in [0.2, 0.25) is 0 Å². The largest absolute Gasteiger partial charge is 0.311 e. The molecule has 21 heavy (non-hydrogen) atoms. The van der Waals surface area contributed by atoms with Gasteiger partial charge in [-0.05, 0) is 64.8 Å². The Balaban J connectivity index is 1.90. The highest BCUT2D eigenvalue weighted by atomic mass is 19.1. The quantitative estimate of drug-likeness (QED) is 0.897. The van der Waals surface area contributed by atoms with E-state index < -0.39 is 11.6 Å². The molecule has 3 unspecified atom stereocenters. The van der Waals surface area contributed by atoms with E-state index in [1.165, 1.54) is 37.6 Å². The fraction of sp³-hybridized carbons (Fsp3) is 0.647. The molecule has 0 bridgehead atoms. The number of likely N-dealkylation sites (tertiary alicyclic amines) is 1. The first kappa shape index (κ1) is 16.4. The van der Waals surface area contributed by atoms with Crippen LogP contribution in [0.2, 0.25) is 0 Å². The van der Waals surface area contributed by atoms with Crippen molar-refractivity contribution in [2.75, 3.05) is 20.1 Å². The van der Waals surface area contributed by atoms with Crippen LogP contribution in [0, 0.1) is 17.6 Å². The topological polar surface area (TPSA) is 15.3 Å². The number of piperidine rings is 1. The highest BCUT2D eigenvalue weighted by Crippen LogP contribution is 2.20.